The van der Waals surface area contributed by atoms with Crippen LogP contribution in [0, 0.1) is 6.92 Å². The second-order valence-electron chi connectivity index (χ2n) is 10.4. The molecule has 1 fully saturated rings. The van der Waals surface area contributed by atoms with E-state index >= 15 is 0 Å². The largest absolute Gasteiger partial charge is 0.368 e. The molecule has 0 aliphatic carbocycles. The fourth-order valence-electron chi connectivity index (χ4n) is 4.83. The highest BCUT2D eigenvalue weighted by molar-refractivity contribution is 7.86. The topological polar surface area (TPSA) is 101 Å². The summed E-state index contributed by atoms with van der Waals surface area (Å²) in [5, 5.41) is 11.2. The van der Waals surface area contributed by atoms with E-state index in [2.05, 4.69) is 0 Å². The van der Waals surface area contributed by atoms with Crippen LogP contribution in [0.4, 0.5) is 0 Å². The SMILES string of the molecule is Cc1ccc(S(=O)(=O)OCC2OC(O)C(OCc3ccccc3)C(OCc3ccccc3)C2OCc2ccccc2)cc1. The Hall–Kier alpha value is -3.41. The Morgan fingerprint density at radius 3 is 1.56 bits per heavy atom. The number of benzene rings is 4. The maximum atomic E-state index is 13.0. The van der Waals surface area contributed by atoms with Gasteiger partial charge in [0.2, 0.25) is 0 Å². The molecular formula is C34H36O8S. The Kier molecular flexibility index (Phi) is 10.7. The molecule has 4 aromatic rings. The van der Waals surface area contributed by atoms with Gasteiger partial charge in [0.15, 0.2) is 6.29 Å². The number of ether oxygens (including phenoxy) is 4. The van der Waals surface area contributed by atoms with Gasteiger partial charge < -0.3 is 24.1 Å². The van der Waals surface area contributed by atoms with Crippen molar-refractivity contribution in [3.8, 4) is 0 Å². The van der Waals surface area contributed by atoms with Gasteiger partial charge in [0.25, 0.3) is 10.1 Å². The van der Waals surface area contributed by atoms with E-state index in [1.54, 1.807) is 12.1 Å². The molecule has 1 heterocycles. The number of hydrogen-bond donors (Lipinski definition) is 1. The quantitative estimate of drug-likeness (QED) is 0.209. The highest BCUT2D eigenvalue weighted by Gasteiger charge is 2.48. The first-order chi connectivity index (χ1) is 20.9. The summed E-state index contributed by atoms with van der Waals surface area (Å²) in [6, 6.07) is 35.1. The summed E-state index contributed by atoms with van der Waals surface area (Å²) in [7, 11) is -4.11. The van der Waals surface area contributed by atoms with Gasteiger partial charge in [-0.2, -0.15) is 8.42 Å². The predicted octanol–water partition coefficient (Wildman–Crippen LogP) is 5.17. The van der Waals surface area contributed by atoms with E-state index in [4.69, 9.17) is 23.1 Å². The molecule has 43 heavy (non-hydrogen) atoms. The standard InChI is InChI=1S/C34H36O8S/c1-25-17-19-29(20-18-25)43(36,37)41-24-30-31(38-21-26-11-5-2-6-12-26)32(39-22-27-13-7-3-8-14-27)33(34(35)42-30)40-23-28-15-9-4-10-16-28/h2-20,30-35H,21-24H2,1H3. The number of aliphatic hydroxyl groups excluding tert-OH is 1. The van der Waals surface area contributed by atoms with Crippen LogP contribution in [0.5, 0.6) is 0 Å². The molecule has 0 saturated carbocycles. The molecule has 9 heteroatoms. The van der Waals surface area contributed by atoms with E-state index in [1.165, 1.54) is 12.1 Å². The Labute approximate surface area is 252 Å². The van der Waals surface area contributed by atoms with E-state index < -0.39 is 47.4 Å². The zero-order chi connectivity index (χ0) is 30.1. The zero-order valence-corrected chi connectivity index (χ0v) is 24.7. The molecule has 5 atom stereocenters. The molecule has 1 saturated heterocycles. The smallest absolute Gasteiger partial charge is 0.297 e. The minimum absolute atomic E-state index is 0.0251. The summed E-state index contributed by atoms with van der Waals surface area (Å²) in [6.07, 6.45) is -5.03. The molecule has 0 radical (unpaired) electrons. The lowest BCUT2D eigenvalue weighted by Gasteiger charge is -2.44. The molecule has 1 aliphatic rings. The van der Waals surface area contributed by atoms with Crippen molar-refractivity contribution in [2.24, 2.45) is 0 Å². The second-order valence-corrected chi connectivity index (χ2v) is 12.0. The first kappa shape index (κ1) is 31.0. The molecule has 8 nitrogen and oxygen atoms in total. The van der Waals surface area contributed by atoms with Gasteiger partial charge in [0.1, 0.15) is 24.4 Å². The minimum atomic E-state index is -4.11. The zero-order valence-electron chi connectivity index (χ0n) is 23.9. The van der Waals surface area contributed by atoms with Crippen LogP contribution < -0.4 is 0 Å². The molecule has 5 unspecified atom stereocenters. The second kappa shape index (κ2) is 14.9. The number of aliphatic hydroxyl groups is 1. The highest BCUT2D eigenvalue weighted by Crippen LogP contribution is 2.30. The maximum absolute atomic E-state index is 13.0. The Morgan fingerprint density at radius 1 is 0.628 bits per heavy atom. The lowest BCUT2D eigenvalue weighted by Crippen LogP contribution is -2.61. The van der Waals surface area contributed by atoms with Crippen molar-refractivity contribution in [2.75, 3.05) is 6.61 Å². The number of aryl methyl sites for hydroxylation is 1. The third kappa shape index (κ3) is 8.58. The van der Waals surface area contributed by atoms with Crippen molar-refractivity contribution < 1.29 is 36.7 Å². The first-order valence-corrected chi connectivity index (χ1v) is 15.6. The number of hydrogen-bond acceptors (Lipinski definition) is 8. The van der Waals surface area contributed by atoms with Crippen LogP contribution in [-0.2, 0) is 53.1 Å². The molecule has 0 amide bonds. The van der Waals surface area contributed by atoms with Crippen molar-refractivity contribution in [3.05, 3.63) is 138 Å². The predicted molar refractivity (Wildman–Crippen MR) is 160 cm³/mol. The molecular weight excluding hydrogens is 568 g/mol. The first-order valence-electron chi connectivity index (χ1n) is 14.2. The van der Waals surface area contributed by atoms with Gasteiger partial charge in [-0.3, -0.25) is 4.18 Å². The molecule has 0 bridgehead atoms. The minimum Gasteiger partial charge on any atom is -0.368 e. The lowest BCUT2D eigenvalue weighted by atomic mass is 9.98. The van der Waals surface area contributed by atoms with E-state index in [9.17, 15) is 13.5 Å². The van der Waals surface area contributed by atoms with Gasteiger partial charge in [-0.1, -0.05) is 109 Å². The summed E-state index contributed by atoms with van der Waals surface area (Å²) in [6.45, 7) is 2.08. The van der Waals surface area contributed by atoms with Crippen LogP contribution in [0.25, 0.3) is 0 Å². The van der Waals surface area contributed by atoms with Gasteiger partial charge in [-0.25, -0.2) is 0 Å². The summed E-state index contributed by atoms with van der Waals surface area (Å²) >= 11 is 0. The van der Waals surface area contributed by atoms with Crippen LogP contribution in [0.1, 0.15) is 22.3 Å². The summed E-state index contributed by atoms with van der Waals surface area (Å²) in [5.41, 5.74) is 3.66. The third-order valence-electron chi connectivity index (χ3n) is 7.16. The number of rotatable bonds is 13. The molecule has 1 N–H and O–H groups in total. The average Bonchev–Trinajstić information content (AvgIpc) is 3.03. The van der Waals surface area contributed by atoms with Gasteiger partial charge in [-0.15, -0.1) is 0 Å². The molecule has 4 aromatic carbocycles. The fourth-order valence-corrected chi connectivity index (χ4v) is 5.75. The van der Waals surface area contributed by atoms with Crippen LogP contribution in [0.2, 0.25) is 0 Å². The van der Waals surface area contributed by atoms with E-state index in [0.29, 0.717) is 0 Å². The summed E-state index contributed by atoms with van der Waals surface area (Å²) < 4.78 is 56.5. The average molecular weight is 605 g/mol. The maximum Gasteiger partial charge on any atom is 0.297 e. The summed E-state index contributed by atoms with van der Waals surface area (Å²) in [5.74, 6) is 0. The van der Waals surface area contributed by atoms with Crippen molar-refractivity contribution in [3.63, 3.8) is 0 Å². The summed E-state index contributed by atoms with van der Waals surface area (Å²) in [4.78, 5) is 0.0251. The van der Waals surface area contributed by atoms with E-state index in [1.807, 2.05) is 97.9 Å². The Morgan fingerprint density at radius 2 is 1.07 bits per heavy atom. The van der Waals surface area contributed by atoms with Crippen LogP contribution >= 0.6 is 0 Å². The van der Waals surface area contributed by atoms with Crippen molar-refractivity contribution in [1.82, 2.24) is 0 Å². The molecule has 226 valence electrons. The Bertz CT molecular complexity index is 1500. The monoisotopic (exact) mass is 604 g/mol. The molecule has 0 aromatic heterocycles. The Balaban J connectivity index is 1.40. The van der Waals surface area contributed by atoms with Crippen molar-refractivity contribution in [2.45, 2.75) is 62.3 Å². The third-order valence-corrected chi connectivity index (χ3v) is 8.46. The fraction of sp³-hybridized carbons (Fsp3) is 0.294. The molecule has 5 rings (SSSR count). The normalized spacial score (nSPS) is 22.3. The molecule has 0 spiro atoms. The van der Waals surface area contributed by atoms with E-state index in [-0.39, 0.29) is 24.7 Å². The van der Waals surface area contributed by atoms with Crippen LogP contribution in [0.3, 0.4) is 0 Å². The van der Waals surface area contributed by atoms with Crippen LogP contribution in [0.15, 0.2) is 120 Å². The van der Waals surface area contributed by atoms with Gasteiger partial charge in [0, 0.05) is 0 Å². The molecule has 1 aliphatic heterocycles. The van der Waals surface area contributed by atoms with Gasteiger partial charge in [-0.05, 0) is 35.7 Å². The highest BCUT2D eigenvalue weighted by atomic mass is 32.2. The van der Waals surface area contributed by atoms with Gasteiger partial charge in [0.05, 0.1) is 31.3 Å². The van der Waals surface area contributed by atoms with Gasteiger partial charge >= 0.3 is 0 Å². The van der Waals surface area contributed by atoms with Crippen LogP contribution in [-0.4, -0.2) is 50.8 Å². The van der Waals surface area contributed by atoms with Crippen molar-refractivity contribution >= 4 is 10.1 Å². The van der Waals surface area contributed by atoms with Crippen molar-refractivity contribution in [1.29, 1.82) is 0 Å². The van der Waals surface area contributed by atoms with E-state index in [0.717, 1.165) is 22.3 Å². The lowest BCUT2D eigenvalue weighted by molar-refractivity contribution is -0.314.